The van der Waals surface area contributed by atoms with Crippen LogP contribution in [0.1, 0.15) is 26.3 Å². The lowest BCUT2D eigenvalue weighted by Crippen LogP contribution is -2.29. The number of benzene rings is 5. The highest BCUT2D eigenvalue weighted by molar-refractivity contribution is 6.35. The van der Waals surface area contributed by atoms with E-state index in [0.717, 1.165) is 32.9 Å². The number of hydrogen-bond donors (Lipinski definition) is 0. The predicted molar refractivity (Wildman–Crippen MR) is 155 cm³/mol. The molecule has 6 heteroatoms. The number of anilines is 1. The molecule has 6 aromatic rings. The third kappa shape index (κ3) is 3.34. The number of imide groups is 1. The third-order valence-corrected chi connectivity index (χ3v) is 7.38. The van der Waals surface area contributed by atoms with Gasteiger partial charge in [-0.1, -0.05) is 66.7 Å². The standard InChI is InChI=1S/C34H18N4O2/c1-36-24-13-17-27-26-16-10-21(20-35)18-30(26)38(31(27)19-24)29-9-5-8-28-32(29)34(40)37(33(28)39)25-14-11-23(12-15-25)22-6-3-2-4-7-22/h2-19H. The zero-order chi connectivity index (χ0) is 27.4. The van der Waals surface area contributed by atoms with Crippen molar-refractivity contribution in [2.45, 2.75) is 0 Å². The van der Waals surface area contributed by atoms with Crippen LogP contribution < -0.4 is 4.90 Å². The molecule has 1 aromatic heterocycles. The highest BCUT2D eigenvalue weighted by atomic mass is 16.2. The lowest BCUT2D eigenvalue weighted by Gasteiger charge is -2.15. The van der Waals surface area contributed by atoms with Crippen LogP contribution in [0.5, 0.6) is 0 Å². The molecule has 0 saturated heterocycles. The summed E-state index contributed by atoms with van der Waals surface area (Å²) in [6.45, 7) is 7.53. The minimum absolute atomic E-state index is 0.286. The van der Waals surface area contributed by atoms with Crippen LogP contribution in [0, 0.1) is 17.9 Å². The van der Waals surface area contributed by atoms with Crippen molar-refractivity contribution in [1.29, 1.82) is 5.26 Å². The molecule has 0 atom stereocenters. The van der Waals surface area contributed by atoms with Crippen molar-refractivity contribution in [3.05, 3.63) is 137 Å². The second-order valence-electron chi connectivity index (χ2n) is 9.55. The van der Waals surface area contributed by atoms with Gasteiger partial charge in [0.15, 0.2) is 5.69 Å². The van der Waals surface area contributed by atoms with Crippen molar-refractivity contribution in [3.63, 3.8) is 0 Å². The van der Waals surface area contributed by atoms with E-state index in [1.807, 2.05) is 59.2 Å². The van der Waals surface area contributed by atoms with Crippen LogP contribution in [-0.2, 0) is 0 Å². The average molecular weight is 515 g/mol. The lowest BCUT2D eigenvalue weighted by molar-refractivity contribution is 0.0926. The summed E-state index contributed by atoms with van der Waals surface area (Å²) in [5, 5.41) is 11.4. The summed E-state index contributed by atoms with van der Waals surface area (Å²) in [6.07, 6.45) is 0. The van der Waals surface area contributed by atoms with Gasteiger partial charge >= 0.3 is 0 Å². The molecule has 0 saturated carbocycles. The number of rotatable bonds is 3. The maximum atomic E-state index is 14.0. The van der Waals surface area contributed by atoms with Crippen molar-refractivity contribution in [2.24, 2.45) is 0 Å². The summed E-state index contributed by atoms with van der Waals surface area (Å²) in [5.74, 6) is -0.814. The minimum Gasteiger partial charge on any atom is -0.310 e. The van der Waals surface area contributed by atoms with Gasteiger partial charge < -0.3 is 4.57 Å². The van der Waals surface area contributed by atoms with Crippen molar-refractivity contribution >= 4 is 45.0 Å². The number of amides is 2. The molecule has 5 aromatic carbocycles. The molecule has 0 N–H and O–H groups in total. The van der Waals surface area contributed by atoms with Crippen LogP contribution in [-0.4, -0.2) is 16.4 Å². The van der Waals surface area contributed by atoms with Gasteiger partial charge in [0, 0.05) is 16.3 Å². The summed E-state index contributed by atoms with van der Waals surface area (Å²) in [5.41, 5.74) is 5.99. The molecule has 0 radical (unpaired) electrons. The van der Waals surface area contributed by atoms with Gasteiger partial charge in [-0.15, -0.1) is 0 Å². The first-order valence-electron chi connectivity index (χ1n) is 12.6. The maximum Gasteiger partial charge on any atom is 0.268 e. The molecule has 0 fully saturated rings. The van der Waals surface area contributed by atoms with Crippen LogP contribution in [0.3, 0.4) is 0 Å². The van der Waals surface area contributed by atoms with Crippen molar-refractivity contribution in [2.75, 3.05) is 4.90 Å². The third-order valence-electron chi connectivity index (χ3n) is 7.38. The molecule has 40 heavy (non-hydrogen) atoms. The molecule has 6 nitrogen and oxygen atoms in total. The fraction of sp³-hybridized carbons (Fsp3) is 0. The molecule has 7 rings (SSSR count). The Morgan fingerprint density at radius 1 is 0.700 bits per heavy atom. The monoisotopic (exact) mass is 514 g/mol. The number of hydrogen-bond acceptors (Lipinski definition) is 3. The van der Waals surface area contributed by atoms with Crippen molar-refractivity contribution in [1.82, 2.24) is 4.57 Å². The molecule has 1 aliphatic rings. The van der Waals surface area contributed by atoms with E-state index < -0.39 is 11.8 Å². The van der Waals surface area contributed by atoms with Gasteiger partial charge in [0.1, 0.15) is 0 Å². The molecule has 1 aliphatic heterocycles. The maximum absolute atomic E-state index is 14.0. The Kier molecular flexibility index (Phi) is 5.10. The van der Waals surface area contributed by atoms with E-state index in [9.17, 15) is 14.9 Å². The number of fused-ring (bicyclic) bond motifs is 4. The van der Waals surface area contributed by atoms with Crippen LogP contribution >= 0.6 is 0 Å². The molecule has 2 amide bonds. The van der Waals surface area contributed by atoms with Crippen LogP contribution in [0.25, 0.3) is 43.5 Å². The summed E-state index contributed by atoms with van der Waals surface area (Å²) in [4.78, 5) is 32.4. The van der Waals surface area contributed by atoms with E-state index in [4.69, 9.17) is 6.57 Å². The normalized spacial score (nSPS) is 12.5. The van der Waals surface area contributed by atoms with Gasteiger partial charge in [0.25, 0.3) is 11.8 Å². The fourth-order valence-corrected chi connectivity index (χ4v) is 5.53. The minimum atomic E-state index is -0.421. The number of carbonyl (C=O) groups is 2. The Balaban J connectivity index is 1.41. The van der Waals surface area contributed by atoms with Gasteiger partial charge in [-0.25, -0.2) is 9.74 Å². The Morgan fingerprint density at radius 3 is 2.12 bits per heavy atom. The smallest absolute Gasteiger partial charge is 0.268 e. The molecule has 0 bridgehead atoms. The van der Waals surface area contributed by atoms with Crippen LogP contribution in [0.15, 0.2) is 109 Å². The van der Waals surface area contributed by atoms with E-state index in [1.54, 1.807) is 54.6 Å². The van der Waals surface area contributed by atoms with Crippen molar-refractivity contribution in [3.8, 4) is 22.9 Å². The average Bonchev–Trinajstić information content (AvgIpc) is 3.47. The Bertz CT molecular complexity index is 2040. The largest absolute Gasteiger partial charge is 0.310 e. The molecule has 186 valence electrons. The van der Waals surface area contributed by atoms with Gasteiger partial charge in [-0.3, -0.25) is 9.59 Å². The van der Waals surface area contributed by atoms with E-state index in [2.05, 4.69) is 10.9 Å². The molecule has 0 unspecified atom stereocenters. The lowest BCUT2D eigenvalue weighted by atomic mass is 10.1. The van der Waals surface area contributed by atoms with Gasteiger partial charge in [0.2, 0.25) is 0 Å². The zero-order valence-electron chi connectivity index (χ0n) is 21.0. The van der Waals surface area contributed by atoms with Gasteiger partial charge in [0.05, 0.1) is 46.2 Å². The highest BCUT2D eigenvalue weighted by Crippen LogP contribution is 2.39. The summed E-state index contributed by atoms with van der Waals surface area (Å²) in [7, 11) is 0. The summed E-state index contributed by atoms with van der Waals surface area (Å²) >= 11 is 0. The summed E-state index contributed by atoms with van der Waals surface area (Å²) < 4.78 is 1.88. The Morgan fingerprint density at radius 2 is 1.40 bits per heavy atom. The Labute approximate surface area is 229 Å². The first-order valence-corrected chi connectivity index (χ1v) is 12.6. The SMILES string of the molecule is [C-]#[N+]c1ccc2c3ccc(C#N)cc3n(-c3cccc4c3C(=O)N(c3ccc(-c5ccccc5)cc3)C4=O)c2c1. The van der Waals surface area contributed by atoms with Gasteiger partial charge in [-0.05, 0) is 53.6 Å². The number of nitrogens with zero attached hydrogens (tertiary/aromatic N) is 4. The van der Waals surface area contributed by atoms with Gasteiger partial charge in [-0.2, -0.15) is 5.26 Å². The summed E-state index contributed by atoms with van der Waals surface area (Å²) in [6, 6.07) is 35.5. The molecular formula is C34H18N4O2. The fourth-order valence-electron chi connectivity index (χ4n) is 5.53. The van der Waals surface area contributed by atoms with Crippen LogP contribution in [0.2, 0.25) is 0 Å². The second kappa shape index (κ2) is 8.80. The first-order chi connectivity index (χ1) is 19.6. The van der Waals surface area contributed by atoms with E-state index in [0.29, 0.717) is 28.2 Å². The highest BCUT2D eigenvalue weighted by Gasteiger charge is 2.39. The van der Waals surface area contributed by atoms with E-state index in [-0.39, 0.29) is 5.56 Å². The quantitative estimate of drug-likeness (QED) is 0.180. The molecular weight excluding hydrogens is 496 g/mol. The molecule has 0 aliphatic carbocycles. The second-order valence-corrected chi connectivity index (χ2v) is 9.55. The molecule has 0 spiro atoms. The topological polar surface area (TPSA) is 70.5 Å². The van der Waals surface area contributed by atoms with Crippen molar-refractivity contribution < 1.29 is 9.59 Å². The van der Waals surface area contributed by atoms with E-state index in [1.165, 1.54) is 4.90 Å². The molecule has 2 heterocycles. The Hall–Kier alpha value is -5.98. The zero-order valence-corrected chi connectivity index (χ0v) is 21.0. The predicted octanol–water partition coefficient (Wildman–Crippen LogP) is 7.67. The van der Waals surface area contributed by atoms with Crippen LogP contribution in [0.4, 0.5) is 11.4 Å². The number of carbonyl (C=O) groups excluding carboxylic acids is 2. The number of aromatic nitrogens is 1. The van der Waals surface area contributed by atoms with E-state index >= 15 is 0 Å². The first kappa shape index (κ1) is 23.2. The number of nitriles is 1.